The minimum absolute atomic E-state index is 0.354. The lowest BCUT2D eigenvalue weighted by atomic mass is 10.0. The SMILES string of the molecule is CC(C)CC(CNC(C)c1ccc(Cl)cc1)N(C)C. The normalized spacial score (nSPS) is 14.9. The van der Waals surface area contributed by atoms with Gasteiger partial charge in [0, 0.05) is 23.7 Å². The molecule has 0 fully saturated rings. The Labute approximate surface area is 123 Å². The molecular formula is C16H27ClN2. The molecule has 2 nitrogen and oxygen atoms in total. The van der Waals surface area contributed by atoms with E-state index in [2.05, 4.69) is 57.2 Å². The molecule has 3 heteroatoms. The predicted octanol–water partition coefficient (Wildman–Crippen LogP) is 3.97. The van der Waals surface area contributed by atoms with E-state index in [4.69, 9.17) is 11.6 Å². The number of halogens is 1. The molecule has 0 aliphatic heterocycles. The summed E-state index contributed by atoms with van der Waals surface area (Å²) in [5.74, 6) is 0.722. The largest absolute Gasteiger partial charge is 0.309 e. The van der Waals surface area contributed by atoms with Gasteiger partial charge in [0.1, 0.15) is 0 Å². The van der Waals surface area contributed by atoms with Crippen molar-refractivity contribution >= 4 is 11.6 Å². The van der Waals surface area contributed by atoms with Crippen molar-refractivity contribution in [1.82, 2.24) is 10.2 Å². The molecule has 0 aliphatic carbocycles. The molecule has 19 heavy (non-hydrogen) atoms. The molecule has 0 spiro atoms. The van der Waals surface area contributed by atoms with Gasteiger partial charge in [-0.2, -0.15) is 0 Å². The number of nitrogens with one attached hydrogen (secondary N) is 1. The van der Waals surface area contributed by atoms with E-state index in [1.54, 1.807) is 0 Å². The summed E-state index contributed by atoms with van der Waals surface area (Å²) in [7, 11) is 4.31. The van der Waals surface area contributed by atoms with Crippen LogP contribution in [0.5, 0.6) is 0 Å². The Morgan fingerprint density at radius 2 is 1.68 bits per heavy atom. The first-order valence-electron chi connectivity index (χ1n) is 7.05. The zero-order valence-electron chi connectivity index (χ0n) is 12.8. The summed E-state index contributed by atoms with van der Waals surface area (Å²) in [6.45, 7) is 7.76. The Kier molecular flexibility index (Phi) is 6.84. The van der Waals surface area contributed by atoms with Crippen molar-refractivity contribution in [2.45, 2.75) is 39.3 Å². The van der Waals surface area contributed by atoms with Crippen LogP contribution < -0.4 is 5.32 Å². The van der Waals surface area contributed by atoms with E-state index in [1.165, 1.54) is 12.0 Å². The Hall–Kier alpha value is -0.570. The van der Waals surface area contributed by atoms with Crippen molar-refractivity contribution < 1.29 is 0 Å². The number of hydrogen-bond donors (Lipinski definition) is 1. The minimum atomic E-state index is 0.354. The fourth-order valence-electron chi connectivity index (χ4n) is 2.20. The number of nitrogens with zero attached hydrogens (tertiary/aromatic N) is 1. The Morgan fingerprint density at radius 3 is 2.16 bits per heavy atom. The second-order valence-electron chi connectivity index (χ2n) is 5.93. The fraction of sp³-hybridized carbons (Fsp3) is 0.625. The first-order valence-corrected chi connectivity index (χ1v) is 7.43. The Balaban J connectivity index is 2.51. The van der Waals surface area contributed by atoms with Crippen molar-refractivity contribution in [3.63, 3.8) is 0 Å². The van der Waals surface area contributed by atoms with Crippen LogP contribution in [-0.4, -0.2) is 31.6 Å². The summed E-state index contributed by atoms with van der Waals surface area (Å²) < 4.78 is 0. The maximum absolute atomic E-state index is 5.92. The summed E-state index contributed by atoms with van der Waals surface area (Å²) in [6, 6.07) is 9.01. The van der Waals surface area contributed by atoms with E-state index in [1.807, 2.05) is 12.1 Å². The van der Waals surface area contributed by atoms with Gasteiger partial charge in [0.05, 0.1) is 0 Å². The van der Waals surface area contributed by atoms with Crippen molar-refractivity contribution in [2.75, 3.05) is 20.6 Å². The second-order valence-corrected chi connectivity index (χ2v) is 6.36. The van der Waals surface area contributed by atoms with Crippen molar-refractivity contribution in [3.8, 4) is 0 Å². The fourth-order valence-corrected chi connectivity index (χ4v) is 2.33. The van der Waals surface area contributed by atoms with Crippen LogP contribution in [0.3, 0.4) is 0 Å². The van der Waals surface area contributed by atoms with E-state index in [-0.39, 0.29) is 0 Å². The average molecular weight is 283 g/mol. The van der Waals surface area contributed by atoms with Crippen LogP contribution in [0.4, 0.5) is 0 Å². The van der Waals surface area contributed by atoms with E-state index in [0.29, 0.717) is 12.1 Å². The van der Waals surface area contributed by atoms with Crippen molar-refractivity contribution in [2.24, 2.45) is 5.92 Å². The number of benzene rings is 1. The molecule has 0 aliphatic rings. The maximum atomic E-state index is 5.92. The Bertz CT molecular complexity index is 360. The lowest BCUT2D eigenvalue weighted by Crippen LogP contribution is -2.39. The molecule has 0 bridgehead atoms. The lowest BCUT2D eigenvalue weighted by Gasteiger charge is -2.28. The molecule has 1 rings (SSSR count). The molecule has 0 aromatic heterocycles. The van der Waals surface area contributed by atoms with Gasteiger partial charge in [0.2, 0.25) is 0 Å². The summed E-state index contributed by atoms with van der Waals surface area (Å²) in [5, 5.41) is 4.41. The number of rotatable bonds is 7. The molecule has 1 aromatic carbocycles. The third-order valence-corrected chi connectivity index (χ3v) is 3.76. The quantitative estimate of drug-likeness (QED) is 0.814. The van der Waals surface area contributed by atoms with E-state index in [9.17, 15) is 0 Å². The molecule has 0 amide bonds. The highest BCUT2D eigenvalue weighted by Gasteiger charge is 2.14. The first-order chi connectivity index (χ1) is 8.90. The third-order valence-electron chi connectivity index (χ3n) is 3.50. The first kappa shape index (κ1) is 16.5. The molecule has 0 saturated heterocycles. The zero-order valence-corrected chi connectivity index (χ0v) is 13.5. The average Bonchev–Trinajstić information content (AvgIpc) is 2.34. The monoisotopic (exact) mass is 282 g/mol. The highest BCUT2D eigenvalue weighted by atomic mass is 35.5. The van der Waals surface area contributed by atoms with E-state index >= 15 is 0 Å². The molecule has 2 atom stereocenters. The molecule has 2 unspecified atom stereocenters. The molecule has 0 saturated carbocycles. The lowest BCUT2D eigenvalue weighted by molar-refractivity contribution is 0.242. The minimum Gasteiger partial charge on any atom is -0.309 e. The van der Waals surface area contributed by atoms with Crippen LogP contribution in [0, 0.1) is 5.92 Å². The van der Waals surface area contributed by atoms with Gasteiger partial charge in [0.25, 0.3) is 0 Å². The van der Waals surface area contributed by atoms with Gasteiger partial charge < -0.3 is 10.2 Å². The van der Waals surface area contributed by atoms with Gasteiger partial charge in [-0.1, -0.05) is 37.6 Å². The van der Waals surface area contributed by atoms with Gasteiger partial charge in [-0.25, -0.2) is 0 Å². The molecule has 0 heterocycles. The van der Waals surface area contributed by atoms with Gasteiger partial charge in [-0.3, -0.25) is 0 Å². The standard InChI is InChI=1S/C16H27ClN2/c1-12(2)10-16(19(4)5)11-18-13(3)14-6-8-15(17)9-7-14/h6-9,12-13,16,18H,10-11H2,1-5H3. The number of hydrogen-bond acceptors (Lipinski definition) is 2. The molecule has 1 aromatic rings. The maximum Gasteiger partial charge on any atom is 0.0406 e. The zero-order chi connectivity index (χ0) is 14.4. The van der Waals surface area contributed by atoms with Crippen molar-refractivity contribution in [1.29, 1.82) is 0 Å². The molecule has 0 radical (unpaired) electrons. The summed E-state index contributed by atoms with van der Waals surface area (Å²) in [4.78, 5) is 2.31. The summed E-state index contributed by atoms with van der Waals surface area (Å²) >= 11 is 5.92. The highest BCUT2D eigenvalue weighted by Crippen LogP contribution is 2.16. The van der Waals surface area contributed by atoms with Crippen LogP contribution in [0.25, 0.3) is 0 Å². The third kappa shape index (κ3) is 5.94. The topological polar surface area (TPSA) is 15.3 Å². The number of likely N-dealkylation sites (N-methyl/N-ethyl adjacent to an activating group) is 1. The highest BCUT2D eigenvalue weighted by molar-refractivity contribution is 6.30. The van der Waals surface area contributed by atoms with Crippen LogP contribution in [0.15, 0.2) is 24.3 Å². The van der Waals surface area contributed by atoms with Gasteiger partial charge in [0.15, 0.2) is 0 Å². The second kappa shape index (κ2) is 7.88. The molecule has 1 N–H and O–H groups in total. The van der Waals surface area contributed by atoms with Crippen LogP contribution in [0.2, 0.25) is 5.02 Å². The smallest absolute Gasteiger partial charge is 0.0406 e. The van der Waals surface area contributed by atoms with Crippen LogP contribution in [0.1, 0.15) is 38.8 Å². The summed E-state index contributed by atoms with van der Waals surface area (Å²) in [6.07, 6.45) is 1.22. The predicted molar refractivity (Wildman–Crippen MR) is 84.8 cm³/mol. The molecular weight excluding hydrogens is 256 g/mol. The van der Waals surface area contributed by atoms with E-state index in [0.717, 1.165) is 17.5 Å². The van der Waals surface area contributed by atoms with Crippen LogP contribution in [-0.2, 0) is 0 Å². The van der Waals surface area contributed by atoms with Gasteiger partial charge in [-0.05, 0) is 51.1 Å². The van der Waals surface area contributed by atoms with Crippen molar-refractivity contribution in [3.05, 3.63) is 34.9 Å². The van der Waals surface area contributed by atoms with Crippen LogP contribution >= 0.6 is 11.6 Å². The summed E-state index contributed by atoms with van der Waals surface area (Å²) in [5.41, 5.74) is 1.28. The van der Waals surface area contributed by atoms with E-state index < -0.39 is 0 Å². The van der Waals surface area contributed by atoms with Gasteiger partial charge in [-0.15, -0.1) is 0 Å². The molecule has 108 valence electrons. The Morgan fingerprint density at radius 1 is 1.11 bits per heavy atom. The van der Waals surface area contributed by atoms with Gasteiger partial charge >= 0.3 is 0 Å².